The maximum absolute atomic E-state index is 13.0. The fourth-order valence-electron chi connectivity index (χ4n) is 4.26. The number of nitrogens with zero attached hydrogens (tertiary/aromatic N) is 2. The summed E-state index contributed by atoms with van der Waals surface area (Å²) in [5, 5.41) is 0. The summed E-state index contributed by atoms with van der Waals surface area (Å²) in [5.41, 5.74) is 6.56. The van der Waals surface area contributed by atoms with Gasteiger partial charge in [0.05, 0.1) is 12.1 Å². The number of hydrogen-bond acceptors (Lipinski definition) is 2. The predicted molar refractivity (Wildman–Crippen MR) is 91.1 cm³/mol. The lowest BCUT2D eigenvalue weighted by Gasteiger charge is -2.29. The first-order valence-electron chi connectivity index (χ1n) is 8.53. The van der Waals surface area contributed by atoms with Crippen LogP contribution in [0.1, 0.15) is 32.6 Å². The summed E-state index contributed by atoms with van der Waals surface area (Å²) < 4.78 is 0. The summed E-state index contributed by atoms with van der Waals surface area (Å²) in [7, 11) is 0. The van der Waals surface area contributed by atoms with Crippen molar-refractivity contribution in [3.05, 3.63) is 64.2 Å². The number of benzene rings is 2. The molecular weight excluding hydrogens is 300 g/mol. The Balaban J connectivity index is 1.47. The third-order valence-electron chi connectivity index (χ3n) is 5.45. The van der Waals surface area contributed by atoms with Crippen LogP contribution >= 0.6 is 0 Å². The Kier molecular flexibility index (Phi) is 2.84. The highest BCUT2D eigenvalue weighted by Gasteiger charge is 2.35. The molecule has 0 bridgehead atoms. The first-order chi connectivity index (χ1) is 11.7. The lowest BCUT2D eigenvalue weighted by atomic mass is 9.98. The van der Waals surface area contributed by atoms with Crippen LogP contribution in [0.25, 0.3) is 0 Å². The third-order valence-corrected chi connectivity index (χ3v) is 5.45. The van der Waals surface area contributed by atoms with Gasteiger partial charge in [0.1, 0.15) is 0 Å². The van der Waals surface area contributed by atoms with E-state index in [9.17, 15) is 9.59 Å². The van der Waals surface area contributed by atoms with Crippen LogP contribution in [-0.4, -0.2) is 29.8 Å². The van der Waals surface area contributed by atoms with E-state index in [1.807, 2.05) is 28.0 Å². The summed E-state index contributed by atoms with van der Waals surface area (Å²) >= 11 is 0. The van der Waals surface area contributed by atoms with Crippen molar-refractivity contribution in [1.29, 1.82) is 0 Å². The lowest BCUT2D eigenvalue weighted by molar-refractivity contribution is -0.117. The number of hydrogen-bond donors (Lipinski definition) is 0. The van der Waals surface area contributed by atoms with E-state index in [0.29, 0.717) is 13.0 Å². The fraction of sp³-hybridized carbons (Fsp3) is 0.300. The second-order valence-electron chi connectivity index (χ2n) is 6.86. The van der Waals surface area contributed by atoms with Crippen molar-refractivity contribution in [3.8, 4) is 0 Å². The Bertz CT molecular complexity index is 887. The van der Waals surface area contributed by atoms with Crippen molar-refractivity contribution in [2.45, 2.75) is 25.8 Å². The van der Waals surface area contributed by atoms with Crippen LogP contribution in [0.15, 0.2) is 36.4 Å². The van der Waals surface area contributed by atoms with Gasteiger partial charge in [-0.1, -0.05) is 24.3 Å². The largest absolute Gasteiger partial charge is 0.334 e. The molecule has 0 spiro atoms. The highest BCUT2D eigenvalue weighted by Crippen LogP contribution is 2.38. The van der Waals surface area contributed by atoms with E-state index in [4.69, 9.17) is 0 Å². The number of amides is 2. The summed E-state index contributed by atoms with van der Waals surface area (Å²) in [6.07, 6.45) is 2.20. The van der Waals surface area contributed by atoms with Gasteiger partial charge in [-0.25, -0.2) is 0 Å². The van der Waals surface area contributed by atoms with Crippen LogP contribution in [0.2, 0.25) is 0 Å². The minimum atomic E-state index is 0.0846. The normalized spacial score (nSPS) is 17.9. The standard InChI is InChI=1S/C20H18N2O2/c23-18-11-16-10-17(9-14-6-8-22(18)19(14)16)20(24)21-7-5-13-3-1-2-4-15(13)12-21/h1-4,9-10H,5-8,11-12H2. The van der Waals surface area contributed by atoms with Crippen molar-refractivity contribution in [1.82, 2.24) is 4.90 Å². The van der Waals surface area contributed by atoms with Crippen molar-refractivity contribution in [3.63, 3.8) is 0 Å². The molecule has 3 heterocycles. The van der Waals surface area contributed by atoms with E-state index in [0.717, 1.165) is 48.3 Å². The molecule has 2 aromatic carbocycles. The highest BCUT2D eigenvalue weighted by molar-refractivity contribution is 6.05. The zero-order chi connectivity index (χ0) is 16.3. The van der Waals surface area contributed by atoms with Gasteiger partial charge in [0.25, 0.3) is 5.91 Å². The van der Waals surface area contributed by atoms with E-state index in [1.165, 1.54) is 11.1 Å². The van der Waals surface area contributed by atoms with Crippen LogP contribution in [0.5, 0.6) is 0 Å². The van der Waals surface area contributed by atoms with Crippen LogP contribution < -0.4 is 4.90 Å². The number of fused-ring (bicyclic) bond motifs is 1. The topological polar surface area (TPSA) is 40.6 Å². The fourth-order valence-corrected chi connectivity index (χ4v) is 4.26. The van der Waals surface area contributed by atoms with Crippen LogP contribution in [0.3, 0.4) is 0 Å². The Morgan fingerprint density at radius 1 is 0.917 bits per heavy atom. The van der Waals surface area contributed by atoms with Gasteiger partial charge in [-0.05, 0) is 47.2 Å². The monoisotopic (exact) mass is 318 g/mol. The quantitative estimate of drug-likeness (QED) is 0.810. The van der Waals surface area contributed by atoms with Gasteiger partial charge in [-0.15, -0.1) is 0 Å². The maximum Gasteiger partial charge on any atom is 0.254 e. The number of carbonyl (C=O) groups is 2. The summed E-state index contributed by atoms with van der Waals surface area (Å²) in [6.45, 7) is 2.19. The Morgan fingerprint density at radius 3 is 2.54 bits per heavy atom. The molecule has 2 aromatic rings. The average Bonchev–Trinajstić information content (AvgIpc) is 3.18. The molecule has 0 aromatic heterocycles. The second-order valence-corrected chi connectivity index (χ2v) is 6.86. The van der Waals surface area contributed by atoms with Gasteiger partial charge in [-0.3, -0.25) is 9.59 Å². The zero-order valence-corrected chi connectivity index (χ0v) is 13.4. The molecule has 0 aliphatic carbocycles. The van der Waals surface area contributed by atoms with Gasteiger partial charge in [0.2, 0.25) is 5.91 Å². The van der Waals surface area contributed by atoms with Crippen molar-refractivity contribution < 1.29 is 9.59 Å². The van der Waals surface area contributed by atoms with E-state index >= 15 is 0 Å². The zero-order valence-electron chi connectivity index (χ0n) is 13.4. The summed E-state index contributed by atoms with van der Waals surface area (Å²) in [5.74, 6) is 0.251. The van der Waals surface area contributed by atoms with Gasteiger partial charge in [0, 0.05) is 25.2 Å². The molecule has 120 valence electrons. The minimum absolute atomic E-state index is 0.0846. The summed E-state index contributed by atoms with van der Waals surface area (Å²) in [4.78, 5) is 28.8. The van der Waals surface area contributed by atoms with Crippen molar-refractivity contribution in [2.75, 3.05) is 18.0 Å². The molecule has 0 N–H and O–H groups in total. The maximum atomic E-state index is 13.0. The molecule has 0 saturated carbocycles. The average molecular weight is 318 g/mol. The Morgan fingerprint density at radius 2 is 1.67 bits per heavy atom. The van der Waals surface area contributed by atoms with Gasteiger partial charge >= 0.3 is 0 Å². The molecule has 5 rings (SSSR count). The van der Waals surface area contributed by atoms with Crippen LogP contribution in [0, 0.1) is 0 Å². The van der Waals surface area contributed by atoms with E-state index in [-0.39, 0.29) is 11.8 Å². The highest BCUT2D eigenvalue weighted by atomic mass is 16.2. The van der Waals surface area contributed by atoms with Crippen molar-refractivity contribution >= 4 is 17.5 Å². The van der Waals surface area contributed by atoms with Gasteiger partial charge < -0.3 is 9.80 Å². The molecule has 2 amide bonds. The molecule has 3 aliphatic rings. The molecule has 4 heteroatoms. The van der Waals surface area contributed by atoms with Gasteiger partial charge in [0.15, 0.2) is 0 Å². The molecule has 0 saturated heterocycles. The van der Waals surface area contributed by atoms with E-state index in [1.54, 1.807) is 0 Å². The number of carbonyl (C=O) groups excluding carboxylic acids is 2. The first-order valence-corrected chi connectivity index (χ1v) is 8.53. The molecule has 0 unspecified atom stereocenters. The molecule has 0 fully saturated rings. The van der Waals surface area contributed by atoms with E-state index < -0.39 is 0 Å². The first kappa shape index (κ1) is 13.8. The SMILES string of the molecule is O=C(c1cc2c3c(c1)CC(=O)N3CC2)N1CCc2ccccc2C1. The number of anilines is 1. The van der Waals surface area contributed by atoms with Crippen LogP contribution in [0.4, 0.5) is 5.69 Å². The third kappa shape index (κ3) is 1.92. The molecule has 24 heavy (non-hydrogen) atoms. The smallest absolute Gasteiger partial charge is 0.254 e. The van der Waals surface area contributed by atoms with Gasteiger partial charge in [-0.2, -0.15) is 0 Å². The molecular formula is C20H18N2O2. The predicted octanol–water partition coefficient (Wildman–Crippen LogP) is 2.33. The Hall–Kier alpha value is -2.62. The number of rotatable bonds is 1. The van der Waals surface area contributed by atoms with E-state index in [2.05, 4.69) is 18.2 Å². The molecule has 3 aliphatic heterocycles. The molecule has 4 nitrogen and oxygen atoms in total. The van der Waals surface area contributed by atoms with Crippen LogP contribution in [-0.2, 0) is 30.6 Å². The minimum Gasteiger partial charge on any atom is -0.334 e. The molecule has 0 atom stereocenters. The lowest BCUT2D eigenvalue weighted by Crippen LogP contribution is -2.36. The summed E-state index contributed by atoms with van der Waals surface area (Å²) in [6, 6.07) is 12.3. The van der Waals surface area contributed by atoms with Crippen molar-refractivity contribution in [2.24, 2.45) is 0 Å². The molecule has 0 radical (unpaired) electrons. The second kappa shape index (κ2) is 4.94. The Labute approximate surface area is 140 Å².